The van der Waals surface area contributed by atoms with E-state index in [-0.39, 0.29) is 6.10 Å². The molecule has 2 atom stereocenters. The number of hydrogen-bond acceptors (Lipinski definition) is 2. The number of aliphatic hydroxyl groups is 1. The maximum Gasteiger partial charge on any atom is 0.0636 e. The van der Waals surface area contributed by atoms with Gasteiger partial charge in [-0.05, 0) is 32.6 Å². The summed E-state index contributed by atoms with van der Waals surface area (Å²) in [5, 5.41) is 12.5. The highest BCUT2D eigenvalue weighted by atomic mass is 16.3. The van der Waals surface area contributed by atoms with E-state index in [0.29, 0.717) is 6.04 Å². The Kier molecular flexibility index (Phi) is 4.02. The fourth-order valence-electron chi connectivity index (χ4n) is 1.98. The lowest BCUT2D eigenvalue weighted by Gasteiger charge is -2.21. The minimum absolute atomic E-state index is 0.214. The minimum atomic E-state index is -0.214. The van der Waals surface area contributed by atoms with Crippen molar-refractivity contribution in [2.24, 2.45) is 5.92 Å². The van der Waals surface area contributed by atoms with Crippen LogP contribution in [0.15, 0.2) is 0 Å². The molecule has 1 fully saturated rings. The van der Waals surface area contributed by atoms with Crippen molar-refractivity contribution < 1.29 is 5.11 Å². The summed E-state index contributed by atoms with van der Waals surface area (Å²) in [6.07, 6.45) is 5.31. The average Bonchev–Trinajstić information content (AvgIpc) is 2.51. The van der Waals surface area contributed by atoms with E-state index in [0.717, 1.165) is 12.5 Å². The van der Waals surface area contributed by atoms with Crippen LogP contribution < -0.4 is 5.32 Å². The SMILES string of the molecule is C[C@@H](O)CN[C@H](C)C1CCCC1. The van der Waals surface area contributed by atoms with Crippen LogP contribution in [0.5, 0.6) is 0 Å². The van der Waals surface area contributed by atoms with Gasteiger partial charge in [-0.2, -0.15) is 0 Å². The molecule has 0 saturated heterocycles. The second-order valence-corrected chi connectivity index (χ2v) is 4.09. The van der Waals surface area contributed by atoms with E-state index in [4.69, 9.17) is 5.11 Å². The molecule has 0 unspecified atom stereocenters. The normalized spacial score (nSPS) is 24.2. The highest BCUT2D eigenvalue weighted by molar-refractivity contribution is 4.77. The van der Waals surface area contributed by atoms with E-state index in [2.05, 4.69) is 12.2 Å². The number of nitrogens with one attached hydrogen (secondary N) is 1. The molecular formula is C10H21NO. The van der Waals surface area contributed by atoms with Crippen molar-refractivity contribution in [2.45, 2.75) is 51.7 Å². The predicted molar refractivity (Wildman–Crippen MR) is 51.1 cm³/mol. The summed E-state index contributed by atoms with van der Waals surface area (Å²) in [5.41, 5.74) is 0. The van der Waals surface area contributed by atoms with Crippen LogP contribution in [0, 0.1) is 5.92 Å². The van der Waals surface area contributed by atoms with Gasteiger partial charge in [-0.1, -0.05) is 12.8 Å². The van der Waals surface area contributed by atoms with Crippen molar-refractivity contribution in [3.05, 3.63) is 0 Å². The summed E-state index contributed by atoms with van der Waals surface area (Å²) >= 11 is 0. The topological polar surface area (TPSA) is 32.3 Å². The molecular weight excluding hydrogens is 150 g/mol. The standard InChI is InChI=1S/C10H21NO/c1-8(12)7-11-9(2)10-5-3-4-6-10/h8-12H,3-7H2,1-2H3/t8-,9-/m1/s1. The van der Waals surface area contributed by atoms with Crippen molar-refractivity contribution in [3.8, 4) is 0 Å². The molecule has 72 valence electrons. The van der Waals surface area contributed by atoms with E-state index >= 15 is 0 Å². The summed E-state index contributed by atoms with van der Waals surface area (Å²) in [5.74, 6) is 0.851. The van der Waals surface area contributed by atoms with Gasteiger partial charge in [0.25, 0.3) is 0 Å². The zero-order valence-electron chi connectivity index (χ0n) is 8.21. The summed E-state index contributed by atoms with van der Waals surface area (Å²) in [7, 11) is 0. The number of rotatable bonds is 4. The Labute approximate surface area is 75.4 Å². The first-order chi connectivity index (χ1) is 5.70. The highest BCUT2D eigenvalue weighted by Crippen LogP contribution is 2.27. The molecule has 12 heavy (non-hydrogen) atoms. The third kappa shape index (κ3) is 3.11. The van der Waals surface area contributed by atoms with Gasteiger partial charge in [0, 0.05) is 12.6 Å². The average molecular weight is 171 g/mol. The fourth-order valence-corrected chi connectivity index (χ4v) is 1.98. The van der Waals surface area contributed by atoms with Crippen LogP contribution >= 0.6 is 0 Å². The zero-order valence-corrected chi connectivity index (χ0v) is 8.21. The summed E-state index contributed by atoms with van der Waals surface area (Å²) in [6, 6.07) is 0.585. The van der Waals surface area contributed by atoms with Crippen molar-refractivity contribution in [3.63, 3.8) is 0 Å². The Balaban J connectivity index is 2.13. The molecule has 2 heteroatoms. The quantitative estimate of drug-likeness (QED) is 0.672. The van der Waals surface area contributed by atoms with Gasteiger partial charge < -0.3 is 10.4 Å². The van der Waals surface area contributed by atoms with Gasteiger partial charge in [0.1, 0.15) is 0 Å². The lowest BCUT2D eigenvalue weighted by molar-refractivity contribution is 0.181. The Hall–Kier alpha value is -0.0800. The van der Waals surface area contributed by atoms with Gasteiger partial charge in [0.05, 0.1) is 6.10 Å². The summed E-state index contributed by atoms with van der Waals surface area (Å²) in [4.78, 5) is 0. The van der Waals surface area contributed by atoms with E-state index in [1.165, 1.54) is 25.7 Å². The molecule has 0 bridgehead atoms. The second-order valence-electron chi connectivity index (χ2n) is 4.09. The highest BCUT2D eigenvalue weighted by Gasteiger charge is 2.20. The van der Waals surface area contributed by atoms with Gasteiger partial charge >= 0.3 is 0 Å². The van der Waals surface area contributed by atoms with Gasteiger partial charge in [-0.25, -0.2) is 0 Å². The Morgan fingerprint density at radius 3 is 2.42 bits per heavy atom. The first-order valence-corrected chi connectivity index (χ1v) is 5.11. The Morgan fingerprint density at radius 2 is 1.92 bits per heavy atom. The molecule has 0 radical (unpaired) electrons. The third-order valence-corrected chi connectivity index (χ3v) is 2.84. The van der Waals surface area contributed by atoms with Crippen LogP contribution in [0.1, 0.15) is 39.5 Å². The smallest absolute Gasteiger partial charge is 0.0636 e. The number of aliphatic hydroxyl groups excluding tert-OH is 1. The molecule has 1 saturated carbocycles. The Bertz CT molecular complexity index is 119. The van der Waals surface area contributed by atoms with E-state index in [1.54, 1.807) is 0 Å². The van der Waals surface area contributed by atoms with Crippen molar-refractivity contribution >= 4 is 0 Å². The van der Waals surface area contributed by atoms with Crippen LogP contribution in [0.2, 0.25) is 0 Å². The molecule has 0 aliphatic heterocycles. The van der Waals surface area contributed by atoms with Gasteiger partial charge in [-0.3, -0.25) is 0 Å². The molecule has 1 aliphatic carbocycles. The molecule has 0 spiro atoms. The van der Waals surface area contributed by atoms with E-state index < -0.39 is 0 Å². The molecule has 1 aliphatic rings. The van der Waals surface area contributed by atoms with Crippen molar-refractivity contribution in [1.29, 1.82) is 0 Å². The van der Waals surface area contributed by atoms with E-state index in [1.807, 2.05) is 6.92 Å². The molecule has 2 N–H and O–H groups in total. The molecule has 0 aromatic heterocycles. The van der Waals surface area contributed by atoms with Crippen LogP contribution in [0.25, 0.3) is 0 Å². The van der Waals surface area contributed by atoms with Crippen molar-refractivity contribution in [1.82, 2.24) is 5.32 Å². The molecule has 0 aromatic carbocycles. The first kappa shape index (κ1) is 10.0. The van der Waals surface area contributed by atoms with Gasteiger partial charge in [0.15, 0.2) is 0 Å². The maximum atomic E-state index is 9.08. The summed E-state index contributed by atoms with van der Waals surface area (Å²) < 4.78 is 0. The molecule has 0 aromatic rings. The van der Waals surface area contributed by atoms with Gasteiger partial charge in [0.2, 0.25) is 0 Å². The monoisotopic (exact) mass is 171 g/mol. The van der Waals surface area contributed by atoms with Crippen LogP contribution in [-0.2, 0) is 0 Å². The van der Waals surface area contributed by atoms with Crippen LogP contribution in [0.4, 0.5) is 0 Å². The number of hydrogen-bond donors (Lipinski definition) is 2. The zero-order chi connectivity index (χ0) is 8.97. The molecule has 1 rings (SSSR count). The molecule has 2 nitrogen and oxygen atoms in total. The van der Waals surface area contributed by atoms with Crippen LogP contribution in [0.3, 0.4) is 0 Å². The van der Waals surface area contributed by atoms with Crippen molar-refractivity contribution in [2.75, 3.05) is 6.54 Å². The molecule has 0 amide bonds. The lowest BCUT2D eigenvalue weighted by Crippen LogP contribution is -2.36. The fraction of sp³-hybridized carbons (Fsp3) is 1.00. The minimum Gasteiger partial charge on any atom is -0.392 e. The van der Waals surface area contributed by atoms with E-state index in [9.17, 15) is 0 Å². The summed E-state index contributed by atoms with van der Waals surface area (Å²) in [6.45, 7) is 4.80. The Morgan fingerprint density at radius 1 is 1.33 bits per heavy atom. The lowest BCUT2D eigenvalue weighted by atomic mass is 10.00. The maximum absolute atomic E-state index is 9.08. The van der Waals surface area contributed by atoms with Crippen LogP contribution in [-0.4, -0.2) is 23.8 Å². The predicted octanol–water partition coefficient (Wildman–Crippen LogP) is 1.54. The third-order valence-electron chi connectivity index (χ3n) is 2.84. The van der Waals surface area contributed by atoms with Gasteiger partial charge in [-0.15, -0.1) is 0 Å². The molecule has 0 heterocycles. The first-order valence-electron chi connectivity index (χ1n) is 5.11. The second kappa shape index (κ2) is 4.83. The largest absolute Gasteiger partial charge is 0.392 e.